The molecule has 0 fully saturated rings. The van der Waals surface area contributed by atoms with Gasteiger partial charge in [-0.1, -0.05) is 6.07 Å². The van der Waals surface area contributed by atoms with Gasteiger partial charge in [-0.05, 0) is 18.2 Å². The van der Waals surface area contributed by atoms with Crippen LogP contribution in [0.25, 0.3) is 11.5 Å². The van der Waals surface area contributed by atoms with Crippen LogP contribution >= 0.6 is 0 Å². The van der Waals surface area contributed by atoms with Crippen LogP contribution in [-0.2, 0) is 4.74 Å². The summed E-state index contributed by atoms with van der Waals surface area (Å²) in [4.78, 5) is 35.8. The molecule has 0 aliphatic rings. The predicted octanol–water partition coefficient (Wildman–Crippen LogP) is 1.30. The fraction of sp³-hybridized carbons (Fsp3) is 0.0667. The van der Waals surface area contributed by atoms with E-state index in [0.29, 0.717) is 11.5 Å². The lowest BCUT2D eigenvalue weighted by molar-refractivity contribution is 0.0600. The second kappa shape index (κ2) is 6.65. The second-order valence-corrected chi connectivity index (χ2v) is 4.63. The zero-order chi connectivity index (χ0) is 16.9. The lowest BCUT2D eigenvalue weighted by Gasteiger charge is -2.02. The van der Waals surface area contributed by atoms with Crippen molar-refractivity contribution in [1.29, 1.82) is 0 Å². The van der Waals surface area contributed by atoms with Gasteiger partial charge in [-0.15, -0.1) is 5.10 Å². The summed E-state index contributed by atoms with van der Waals surface area (Å²) in [5.74, 6) is -0.566. The van der Waals surface area contributed by atoms with Gasteiger partial charge in [0.25, 0.3) is 5.91 Å². The number of anilines is 1. The first-order valence-electron chi connectivity index (χ1n) is 6.86. The fourth-order valence-corrected chi connectivity index (χ4v) is 1.90. The van der Waals surface area contributed by atoms with E-state index in [1.165, 1.54) is 25.6 Å². The summed E-state index contributed by atoms with van der Waals surface area (Å²) < 4.78 is 4.59. The average molecular weight is 324 g/mol. The Bertz CT molecular complexity index is 878. The number of ether oxygens (including phenoxy) is 1. The molecule has 0 unspecified atom stereocenters. The second-order valence-electron chi connectivity index (χ2n) is 4.63. The molecule has 3 heterocycles. The molecule has 0 saturated carbocycles. The number of hydrogen-bond donors (Lipinski definition) is 2. The number of methoxy groups -OCH3 is 1. The van der Waals surface area contributed by atoms with E-state index in [4.69, 9.17) is 0 Å². The van der Waals surface area contributed by atoms with E-state index >= 15 is 0 Å². The lowest BCUT2D eigenvalue weighted by Crippen LogP contribution is -2.14. The molecular formula is C15H12N6O3. The van der Waals surface area contributed by atoms with Crippen molar-refractivity contribution in [3.05, 3.63) is 54.0 Å². The fourth-order valence-electron chi connectivity index (χ4n) is 1.90. The zero-order valence-electron chi connectivity index (χ0n) is 12.6. The van der Waals surface area contributed by atoms with Gasteiger partial charge in [-0.3, -0.25) is 25.2 Å². The largest absolute Gasteiger partial charge is 0.465 e. The molecule has 0 bridgehead atoms. The molecule has 120 valence electrons. The molecule has 3 aromatic heterocycles. The molecule has 0 atom stereocenters. The Morgan fingerprint density at radius 2 is 2.04 bits per heavy atom. The number of nitrogens with zero attached hydrogens (tertiary/aromatic N) is 4. The Morgan fingerprint density at radius 1 is 1.21 bits per heavy atom. The van der Waals surface area contributed by atoms with E-state index in [-0.39, 0.29) is 17.1 Å². The number of aromatic amines is 1. The maximum atomic E-state index is 12.2. The van der Waals surface area contributed by atoms with E-state index in [9.17, 15) is 9.59 Å². The van der Waals surface area contributed by atoms with Crippen LogP contribution < -0.4 is 5.32 Å². The van der Waals surface area contributed by atoms with Gasteiger partial charge in [0.05, 0.1) is 18.2 Å². The van der Waals surface area contributed by atoms with Crippen molar-refractivity contribution in [3.8, 4) is 11.5 Å². The zero-order valence-corrected chi connectivity index (χ0v) is 12.6. The summed E-state index contributed by atoms with van der Waals surface area (Å²) in [6.07, 6.45) is 4.27. The number of H-pyrrole nitrogens is 1. The molecule has 0 radical (unpaired) electrons. The maximum absolute atomic E-state index is 12.2. The molecule has 1 amide bonds. The quantitative estimate of drug-likeness (QED) is 0.693. The highest BCUT2D eigenvalue weighted by Gasteiger charge is 2.14. The Kier molecular flexibility index (Phi) is 4.23. The van der Waals surface area contributed by atoms with Crippen LogP contribution in [0.5, 0.6) is 0 Å². The van der Waals surface area contributed by atoms with Crippen LogP contribution in [0.3, 0.4) is 0 Å². The van der Waals surface area contributed by atoms with Crippen molar-refractivity contribution in [1.82, 2.24) is 25.1 Å². The van der Waals surface area contributed by atoms with Crippen molar-refractivity contribution in [2.75, 3.05) is 12.4 Å². The van der Waals surface area contributed by atoms with Crippen LogP contribution in [-0.4, -0.2) is 44.1 Å². The maximum Gasteiger partial charge on any atom is 0.339 e. The number of carbonyl (C=O) groups is 2. The first-order valence-corrected chi connectivity index (χ1v) is 6.86. The Labute approximate surface area is 136 Å². The molecule has 0 aliphatic carbocycles. The number of aromatic nitrogens is 5. The molecule has 9 heteroatoms. The molecule has 0 aromatic carbocycles. The van der Waals surface area contributed by atoms with Crippen LogP contribution in [0.15, 0.2) is 42.9 Å². The van der Waals surface area contributed by atoms with Crippen molar-refractivity contribution >= 4 is 17.8 Å². The number of amides is 1. The Balaban J connectivity index is 1.76. The van der Waals surface area contributed by atoms with E-state index in [0.717, 1.165) is 0 Å². The van der Waals surface area contributed by atoms with E-state index in [1.54, 1.807) is 18.3 Å². The summed E-state index contributed by atoms with van der Waals surface area (Å²) in [7, 11) is 1.25. The van der Waals surface area contributed by atoms with Gasteiger partial charge in [0.15, 0.2) is 5.82 Å². The Morgan fingerprint density at radius 3 is 2.79 bits per heavy atom. The number of carbonyl (C=O) groups excluding carboxylic acids is 2. The minimum atomic E-state index is -0.576. The van der Waals surface area contributed by atoms with Crippen molar-refractivity contribution < 1.29 is 14.3 Å². The van der Waals surface area contributed by atoms with Crippen molar-refractivity contribution in [2.24, 2.45) is 0 Å². The van der Waals surface area contributed by atoms with Gasteiger partial charge in [0.2, 0.25) is 5.95 Å². The van der Waals surface area contributed by atoms with Gasteiger partial charge in [0, 0.05) is 18.6 Å². The highest BCUT2D eigenvalue weighted by atomic mass is 16.5. The molecule has 0 aliphatic heterocycles. The van der Waals surface area contributed by atoms with Crippen LogP contribution in [0, 0.1) is 0 Å². The normalized spacial score (nSPS) is 10.2. The number of rotatable bonds is 4. The monoisotopic (exact) mass is 324 g/mol. The SMILES string of the molecule is COC(=O)c1cncc(C(=O)Nc2n[nH]c(-c3ccccn3)n2)c1. The summed E-state index contributed by atoms with van der Waals surface area (Å²) in [6, 6.07) is 6.73. The highest BCUT2D eigenvalue weighted by Crippen LogP contribution is 2.13. The molecule has 0 spiro atoms. The van der Waals surface area contributed by atoms with E-state index in [2.05, 4.69) is 35.2 Å². The molecule has 9 nitrogen and oxygen atoms in total. The van der Waals surface area contributed by atoms with Crippen LogP contribution in [0.1, 0.15) is 20.7 Å². The lowest BCUT2D eigenvalue weighted by atomic mass is 10.2. The van der Waals surface area contributed by atoms with Crippen LogP contribution in [0.2, 0.25) is 0 Å². The number of pyridine rings is 2. The van der Waals surface area contributed by atoms with Gasteiger partial charge >= 0.3 is 5.97 Å². The Hall–Kier alpha value is -3.62. The molecule has 0 saturated heterocycles. The number of esters is 1. The summed E-state index contributed by atoms with van der Waals surface area (Å²) in [5.41, 5.74) is 0.955. The summed E-state index contributed by atoms with van der Waals surface area (Å²) >= 11 is 0. The topological polar surface area (TPSA) is 123 Å². The van der Waals surface area contributed by atoms with Crippen molar-refractivity contribution in [2.45, 2.75) is 0 Å². The van der Waals surface area contributed by atoms with Gasteiger partial charge in [-0.25, -0.2) is 4.79 Å². The molecule has 3 aromatic rings. The molecular weight excluding hydrogens is 312 g/mol. The summed E-state index contributed by atoms with van der Waals surface area (Å²) in [5, 5.41) is 9.12. The van der Waals surface area contributed by atoms with Gasteiger partial charge in [0.1, 0.15) is 5.69 Å². The third kappa shape index (κ3) is 3.24. The van der Waals surface area contributed by atoms with Gasteiger partial charge < -0.3 is 4.74 Å². The third-order valence-corrected chi connectivity index (χ3v) is 3.04. The predicted molar refractivity (Wildman–Crippen MR) is 83.1 cm³/mol. The molecule has 3 rings (SSSR count). The van der Waals surface area contributed by atoms with E-state index < -0.39 is 11.9 Å². The minimum Gasteiger partial charge on any atom is -0.465 e. The smallest absolute Gasteiger partial charge is 0.339 e. The minimum absolute atomic E-state index is 0.0872. The molecule has 2 N–H and O–H groups in total. The summed E-state index contributed by atoms with van der Waals surface area (Å²) in [6.45, 7) is 0. The molecule has 24 heavy (non-hydrogen) atoms. The first-order chi connectivity index (χ1) is 11.7. The highest BCUT2D eigenvalue weighted by molar-refractivity contribution is 6.04. The average Bonchev–Trinajstić information content (AvgIpc) is 3.10. The van der Waals surface area contributed by atoms with Gasteiger partial charge in [-0.2, -0.15) is 4.98 Å². The van der Waals surface area contributed by atoms with Crippen LogP contribution in [0.4, 0.5) is 5.95 Å². The first kappa shape index (κ1) is 15.3. The third-order valence-electron chi connectivity index (χ3n) is 3.04. The number of hydrogen-bond acceptors (Lipinski definition) is 7. The number of nitrogens with one attached hydrogen (secondary N) is 2. The standard InChI is InChI=1S/C15H12N6O3/c1-24-14(23)10-6-9(7-16-8-10)13(22)19-15-18-12(20-21-15)11-4-2-3-5-17-11/h2-8H,1H3,(H2,18,19,20,21,22). The van der Waals surface area contributed by atoms with Crippen molar-refractivity contribution in [3.63, 3.8) is 0 Å². The van der Waals surface area contributed by atoms with E-state index in [1.807, 2.05) is 6.07 Å².